The van der Waals surface area contributed by atoms with Gasteiger partial charge in [0.2, 0.25) is 0 Å². The van der Waals surface area contributed by atoms with E-state index in [1.165, 1.54) is 12.8 Å². The molecule has 0 radical (unpaired) electrons. The minimum Gasteiger partial charge on any atom is -0.507 e. The number of aromatic hydroxyl groups is 1. The summed E-state index contributed by atoms with van der Waals surface area (Å²) < 4.78 is 7.43. The van der Waals surface area contributed by atoms with Crippen LogP contribution in [0, 0.1) is 0 Å². The van der Waals surface area contributed by atoms with Gasteiger partial charge in [-0.1, -0.05) is 30.3 Å². The zero-order valence-electron chi connectivity index (χ0n) is 16.4. The molecule has 1 aromatic heterocycles. The van der Waals surface area contributed by atoms with Crippen molar-refractivity contribution in [1.82, 2.24) is 9.47 Å². The summed E-state index contributed by atoms with van der Waals surface area (Å²) in [6, 6.07) is 13.5. The normalized spacial score (nSPS) is 14.6. The Morgan fingerprint density at radius 3 is 2.54 bits per heavy atom. The van der Waals surface area contributed by atoms with Crippen LogP contribution in [0.25, 0.3) is 22.0 Å². The minimum atomic E-state index is -0.325. The van der Waals surface area contributed by atoms with Crippen LogP contribution in [-0.4, -0.2) is 40.2 Å². The molecule has 0 spiro atoms. The molecule has 28 heavy (non-hydrogen) atoms. The van der Waals surface area contributed by atoms with E-state index in [1.54, 1.807) is 6.07 Å². The molecule has 3 aromatic rings. The lowest BCUT2D eigenvalue weighted by molar-refractivity contribution is 0.0526. The molecule has 1 aliphatic rings. The van der Waals surface area contributed by atoms with Gasteiger partial charge in [0.05, 0.1) is 12.2 Å². The monoisotopic (exact) mass is 378 g/mol. The molecule has 146 valence electrons. The van der Waals surface area contributed by atoms with Crippen molar-refractivity contribution in [2.45, 2.75) is 26.3 Å². The first kappa shape index (κ1) is 18.6. The van der Waals surface area contributed by atoms with Gasteiger partial charge in [-0.2, -0.15) is 0 Å². The summed E-state index contributed by atoms with van der Waals surface area (Å²) in [7, 11) is 1.99. The van der Waals surface area contributed by atoms with E-state index in [1.807, 2.05) is 50.4 Å². The number of fused-ring (bicyclic) bond motifs is 1. The highest BCUT2D eigenvalue weighted by atomic mass is 16.5. The van der Waals surface area contributed by atoms with Gasteiger partial charge in [-0.05, 0) is 50.6 Å². The first-order valence-corrected chi connectivity index (χ1v) is 9.89. The number of benzene rings is 2. The Labute approximate surface area is 165 Å². The molecule has 0 bridgehead atoms. The largest absolute Gasteiger partial charge is 0.507 e. The van der Waals surface area contributed by atoms with Crippen molar-refractivity contribution < 1.29 is 14.6 Å². The van der Waals surface area contributed by atoms with Gasteiger partial charge < -0.3 is 14.4 Å². The molecule has 2 aromatic carbocycles. The standard InChI is InChI=1S/C23H26N2O3/c1-3-28-23(27)22-18-14-21(26)17(16-9-5-4-6-10-16)13-19(18)24(2)20(22)15-25-11-7-8-12-25/h4-6,9-10,13-14,26H,3,7-8,11-12,15H2,1-2H3. The number of nitrogens with zero attached hydrogens (tertiary/aromatic N) is 2. The summed E-state index contributed by atoms with van der Waals surface area (Å²) in [5.74, 6) is -0.156. The van der Waals surface area contributed by atoms with Crippen LogP contribution in [0.4, 0.5) is 0 Å². The minimum absolute atomic E-state index is 0.169. The Bertz CT molecular complexity index is 1000. The molecule has 0 saturated carbocycles. The molecular formula is C23H26N2O3. The van der Waals surface area contributed by atoms with Crippen molar-refractivity contribution in [2.24, 2.45) is 7.05 Å². The molecule has 1 fully saturated rings. The third-order valence-electron chi connectivity index (χ3n) is 5.57. The van der Waals surface area contributed by atoms with Gasteiger partial charge in [0, 0.05) is 35.8 Å². The van der Waals surface area contributed by atoms with Crippen molar-refractivity contribution in [1.29, 1.82) is 0 Å². The molecule has 0 aliphatic carbocycles. The zero-order chi connectivity index (χ0) is 19.7. The lowest BCUT2D eigenvalue weighted by Gasteiger charge is -2.16. The van der Waals surface area contributed by atoms with Gasteiger partial charge in [0.15, 0.2) is 0 Å². The number of rotatable bonds is 5. The number of hydrogen-bond donors (Lipinski definition) is 1. The molecule has 0 unspecified atom stereocenters. The number of aryl methyl sites for hydroxylation is 1. The third-order valence-corrected chi connectivity index (χ3v) is 5.57. The van der Waals surface area contributed by atoms with Gasteiger partial charge in [-0.3, -0.25) is 4.90 Å². The number of phenolic OH excluding ortho intramolecular Hbond substituents is 1. The molecule has 0 atom stereocenters. The van der Waals surface area contributed by atoms with Crippen LogP contribution >= 0.6 is 0 Å². The second-order valence-corrected chi connectivity index (χ2v) is 7.34. The molecule has 1 aliphatic heterocycles. The Morgan fingerprint density at radius 2 is 1.86 bits per heavy atom. The van der Waals surface area contributed by atoms with E-state index in [2.05, 4.69) is 9.47 Å². The molecule has 5 nitrogen and oxygen atoms in total. The summed E-state index contributed by atoms with van der Waals surface area (Å²) in [5.41, 5.74) is 4.15. The molecule has 2 heterocycles. The van der Waals surface area contributed by atoms with Gasteiger partial charge in [-0.25, -0.2) is 4.79 Å². The summed E-state index contributed by atoms with van der Waals surface area (Å²) in [5, 5.41) is 11.5. The predicted molar refractivity (Wildman–Crippen MR) is 110 cm³/mol. The number of esters is 1. The van der Waals surface area contributed by atoms with Crippen LogP contribution < -0.4 is 0 Å². The van der Waals surface area contributed by atoms with E-state index in [0.29, 0.717) is 18.7 Å². The van der Waals surface area contributed by atoms with Gasteiger partial charge >= 0.3 is 5.97 Å². The van der Waals surface area contributed by atoms with E-state index in [0.717, 1.165) is 40.8 Å². The Kier molecular flexibility index (Phi) is 5.09. The first-order chi connectivity index (χ1) is 13.6. The Morgan fingerprint density at radius 1 is 1.14 bits per heavy atom. The highest BCUT2D eigenvalue weighted by Gasteiger charge is 2.26. The maximum absolute atomic E-state index is 12.8. The van der Waals surface area contributed by atoms with Crippen LogP contribution in [0.3, 0.4) is 0 Å². The van der Waals surface area contributed by atoms with Gasteiger partial charge in [0.1, 0.15) is 5.75 Å². The average Bonchev–Trinajstić information content (AvgIpc) is 3.29. The topological polar surface area (TPSA) is 54.7 Å². The summed E-state index contributed by atoms with van der Waals surface area (Å²) >= 11 is 0. The molecule has 1 saturated heterocycles. The second kappa shape index (κ2) is 7.68. The summed E-state index contributed by atoms with van der Waals surface area (Å²) in [4.78, 5) is 15.2. The molecule has 5 heteroatoms. The SMILES string of the molecule is CCOC(=O)c1c(CN2CCCC2)n(C)c2cc(-c3ccccc3)c(O)cc12. The van der Waals surface area contributed by atoms with E-state index >= 15 is 0 Å². The van der Waals surface area contributed by atoms with E-state index in [4.69, 9.17) is 4.74 Å². The summed E-state index contributed by atoms with van der Waals surface area (Å²) in [6.07, 6.45) is 2.38. The number of ether oxygens (including phenoxy) is 1. The van der Waals surface area contributed by atoms with Crippen LogP contribution in [0.1, 0.15) is 35.8 Å². The van der Waals surface area contributed by atoms with Gasteiger partial charge in [0.25, 0.3) is 0 Å². The van der Waals surface area contributed by atoms with Crippen LogP contribution in [0.5, 0.6) is 5.75 Å². The predicted octanol–water partition coefficient (Wildman–Crippen LogP) is 4.32. The molecular weight excluding hydrogens is 352 g/mol. The van der Waals surface area contributed by atoms with Crippen molar-refractivity contribution in [3.63, 3.8) is 0 Å². The number of hydrogen-bond acceptors (Lipinski definition) is 4. The fourth-order valence-electron chi connectivity index (χ4n) is 4.14. The first-order valence-electron chi connectivity index (χ1n) is 9.89. The van der Waals surface area contributed by atoms with Crippen LogP contribution in [-0.2, 0) is 18.3 Å². The lowest BCUT2D eigenvalue weighted by Crippen LogP contribution is -2.22. The van der Waals surface area contributed by atoms with Gasteiger partial charge in [-0.15, -0.1) is 0 Å². The zero-order valence-corrected chi connectivity index (χ0v) is 16.4. The van der Waals surface area contributed by atoms with Crippen LogP contribution in [0.2, 0.25) is 0 Å². The highest BCUT2D eigenvalue weighted by molar-refractivity contribution is 6.07. The average molecular weight is 378 g/mol. The third kappa shape index (κ3) is 3.27. The van der Waals surface area contributed by atoms with Crippen molar-refractivity contribution in [2.75, 3.05) is 19.7 Å². The maximum atomic E-state index is 12.8. The smallest absolute Gasteiger partial charge is 0.340 e. The Balaban J connectivity index is 1.89. The maximum Gasteiger partial charge on any atom is 0.340 e. The number of carbonyl (C=O) groups excluding carboxylic acids is 1. The quantitative estimate of drug-likeness (QED) is 0.672. The highest BCUT2D eigenvalue weighted by Crippen LogP contribution is 2.37. The van der Waals surface area contributed by atoms with E-state index in [9.17, 15) is 9.90 Å². The Hall–Kier alpha value is -2.79. The van der Waals surface area contributed by atoms with Crippen molar-refractivity contribution in [3.8, 4) is 16.9 Å². The number of likely N-dealkylation sites (tertiary alicyclic amines) is 1. The van der Waals surface area contributed by atoms with Crippen molar-refractivity contribution >= 4 is 16.9 Å². The van der Waals surface area contributed by atoms with Crippen molar-refractivity contribution in [3.05, 3.63) is 53.7 Å². The number of phenols is 1. The number of carbonyl (C=O) groups is 1. The summed E-state index contributed by atoms with van der Waals surface area (Å²) in [6.45, 7) is 4.94. The fourth-order valence-corrected chi connectivity index (χ4v) is 4.14. The second-order valence-electron chi connectivity index (χ2n) is 7.34. The number of aromatic nitrogens is 1. The van der Waals surface area contributed by atoms with E-state index < -0.39 is 0 Å². The molecule has 1 N–H and O–H groups in total. The molecule has 4 rings (SSSR count). The van der Waals surface area contributed by atoms with E-state index in [-0.39, 0.29) is 11.7 Å². The lowest BCUT2D eigenvalue weighted by atomic mass is 10.0. The van der Waals surface area contributed by atoms with Crippen LogP contribution in [0.15, 0.2) is 42.5 Å². The fraction of sp³-hybridized carbons (Fsp3) is 0.348. The molecule has 0 amide bonds.